The molecule has 1 aliphatic rings. The summed E-state index contributed by atoms with van der Waals surface area (Å²) in [5, 5.41) is 30.2. The van der Waals surface area contributed by atoms with Crippen LogP contribution >= 0.6 is 25.3 Å². The Balaban J connectivity index is 1.68. The maximum absolute atomic E-state index is 13.2. The summed E-state index contributed by atoms with van der Waals surface area (Å²) in [6.07, 6.45) is 0.607. The molecule has 40 heavy (non-hydrogen) atoms. The van der Waals surface area contributed by atoms with E-state index in [0.29, 0.717) is 13.0 Å². The summed E-state index contributed by atoms with van der Waals surface area (Å²) >= 11 is 8.55. The summed E-state index contributed by atoms with van der Waals surface area (Å²) in [4.78, 5) is 51.3. The molecular formula is C28H36N4O6S2. The van der Waals surface area contributed by atoms with Gasteiger partial charge in [-0.1, -0.05) is 42.5 Å². The second-order valence-electron chi connectivity index (χ2n) is 10.4. The van der Waals surface area contributed by atoms with Crippen LogP contribution in [-0.2, 0) is 25.6 Å². The standard InChI is InChI=1S/C28H36N4O6S2/c1-28(2,40)23(27(37)38)32-25(35)21(12-16-6-4-3-5-7-16)30-26(36)22(15-39)31-24(34)20-13-18(14-29-20)17-8-10-19(33)11-9-17/h3-11,18,20-23,29,33,39-40H,12-15H2,1-2H3,(H,30,36)(H,31,34)(H,32,35)(H,37,38)/t18-,20+,21+,22-,23+/m1/s1. The number of amides is 3. The molecule has 216 valence electrons. The lowest BCUT2D eigenvalue weighted by Crippen LogP contribution is -2.60. The molecule has 6 N–H and O–H groups in total. The minimum atomic E-state index is -1.31. The summed E-state index contributed by atoms with van der Waals surface area (Å²) in [5.41, 5.74) is 1.74. The summed E-state index contributed by atoms with van der Waals surface area (Å²) in [7, 11) is 0. The van der Waals surface area contributed by atoms with Crippen LogP contribution in [0.25, 0.3) is 0 Å². The molecule has 3 amide bonds. The van der Waals surface area contributed by atoms with Gasteiger partial charge < -0.3 is 31.5 Å². The number of thiol groups is 2. The van der Waals surface area contributed by atoms with Crippen LogP contribution in [-0.4, -0.2) is 75.1 Å². The van der Waals surface area contributed by atoms with Crippen LogP contribution in [0, 0.1) is 0 Å². The van der Waals surface area contributed by atoms with Gasteiger partial charge in [0.05, 0.1) is 6.04 Å². The van der Waals surface area contributed by atoms with Gasteiger partial charge in [0.2, 0.25) is 17.7 Å². The van der Waals surface area contributed by atoms with Gasteiger partial charge in [-0.2, -0.15) is 25.3 Å². The third-order valence-electron chi connectivity index (χ3n) is 6.78. The predicted octanol–water partition coefficient (Wildman–Crippen LogP) is 1.26. The first-order chi connectivity index (χ1) is 18.9. The van der Waals surface area contributed by atoms with Crippen LogP contribution in [0.3, 0.4) is 0 Å². The highest BCUT2D eigenvalue weighted by atomic mass is 32.1. The van der Waals surface area contributed by atoms with Crippen LogP contribution in [0.5, 0.6) is 5.75 Å². The van der Waals surface area contributed by atoms with Crippen molar-refractivity contribution in [2.24, 2.45) is 0 Å². The SMILES string of the molecule is CC(C)(S)[C@@H](NC(=O)[C@H](Cc1ccccc1)NC(=O)[C@@H](CS)NC(=O)[C@@H]1C[C@@H](c2ccc(O)cc2)CN1)C(=O)O. The Hall–Kier alpha value is -3.22. The number of phenols is 1. The zero-order chi connectivity index (χ0) is 29.4. The third kappa shape index (κ3) is 8.64. The third-order valence-corrected chi connectivity index (χ3v) is 7.41. The van der Waals surface area contributed by atoms with Crippen molar-refractivity contribution in [1.82, 2.24) is 21.3 Å². The number of carboxylic acids is 1. The molecule has 3 rings (SSSR count). The lowest BCUT2D eigenvalue weighted by atomic mass is 9.96. The molecule has 0 saturated carbocycles. The van der Waals surface area contributed by atoms with Crippen molar-refractivity contribution >= 4 is 48.9 Å². The Morgan fingerprint density at radius 1 is 0.975 bits per heavy atom. The van der Waals surface area contributed by atoms with E-state index in [-0.39, 0.29) is 29.7 Å². The number of carbonyl (C=O) groups is 4. The number of carboxylic acid groups (broad SMARTS) is 1. The highest BCUT2D eigenvalue weighted by molar-refractivity contribution is 7.81. The fraction of sp³-hybridized carbons (Fsp3) is 0.429. The number of aromatic hydroxyl groups is 1. The zero-order valence-electron chi connectivity index (χ0n) is 22.3. The number of benzene rings is 2. The van der Waals surface area contributed by atoms with Gasteiger partial charge in [-0.25, -0.2) is 4.79 Å². The van der Waals surface area contributed by atoms with Gasteiger partial charge in [-0.15, -0.1) is 0 Å². The summed E-state index contributed by atoms with van der Waals surface area (Å²) in [6, 6.07) is 11.8. The van der Waals surface area contributed by atoms with Gasteiger partial charge in [0, 0.05) is 23.5 Å². The molecule has 0 aromatic heterocycles. The monoisotopic (exact) mass is 588 g/mol. The Kier molecular flexibility index (Phi) is 10.9. The van der Waals surface area contributed by atoms with Crippen LogP contribution in [0.4, 0.5) is 0 Å². The van der Waals surface area contributed by atoms with Crippen molar-refractivity contribution < 1.29 is 29.4 Å². The van der Waals surface area contributed by atoms with Crippen molar-refractivity contribution in [3.63, 3.8) is 0 Å². The predicted molar refractivity (Wildman–Crippen MR) is 158 cm³/mol. The molecule has 0 spiro atoms. The van der Waals surface area contributed by atoms with E-state index in [9.17, 15) is 29.4 Å². The molecule has 10 nitrogen and oxygen atoms in total. The van der Waals surface area contributed by atoms with Gasteiger partial charge in [0.15, 0.2) is 0 Å². The first-order valence-corrected chi connectivity index (χ1v) is 14.0. The van der Waals surface area contributed by atoms with Crippen LogP contribution in [0.1, 0.15) is 37.3 Å². The normalized spacial score (nSPS) is 19.2. The van der Waals surface area contributed by atoms with E-state index in [1.807, 2.05) is 18.2 Å². The lowest BCUT2D eigenvalue weighted by Gasteiger charge is -2.29. The maximum Gasteiger partial charge on any atom is 0.327 e. The topological polar surface area (TPSA) is 157 Å². The van der Waals surface area contributed by atoms with Crippen LogP contribution in [0.15, 0.2) is 54.6 Å². The first kappa shape index (κ1) is 31.3. The Bertz CT molecular complexity index is 1190. The van der Waals surface area contributed by atoms with Crippen molar-refractivity contribution in [3.05, 3.63) is 65.7 Å². The molecule has 2 aromatic carbocycles. The number of hydrogen-bond acceptors (Lipinski definition) is 8. The highest BCUT2D eigenvalue weighted by Gasteiger charge is 2.37. The summed E-state index contributed by atoms with van der Waals surface area (Å²) < 4.78 is -1.07. The van der Waals surface area contributed by atoms with E-state index >= 15 is 0 Å². The second kappa shape index (κ2) is 13.9. The average molecular weight is 589 g/mol. The highest BCUT2D eigenvalue weighted by Crippen LogP contribution is 2.27. The molecule has 2 aromatic rings. The van der Waals surface area contributed by atoms with Crippen LogP contribution in [0.2, 0.25) is 0 Å². The Labute approximate surface area is 244 Å². The molecule has 12 heteroatoms. The molecular weight excluding hydrogens is 552 g/mol. The van der Waals surface area contributed by atoms with E-state index in [4.69, 9.17) is 0 Å². The van der Waals surface area contributed by atoms with E-state index < -0.39 is 46.7 Å². The molecule has 1 fully saturated rings. The molecule has 0 aliphatic carbocycles. The van der Waals surface area contributed by atoms with E-state index in [1.165, 1.54) is 0 Å². The van der Waals surface area contributed by atoms with Crippen molar-refractivity contribution in [1.29, 1.82) is 0 Å². The number of aliphatic carboxylic acids is 1. The van der Waals surface area contributed by atoms with Crippen molar-refractivity contribution in [2.75, 3.05) is 12.3 Å². The number of carbonyl (C=O) groups excluding carboxylic acids is 3. The zero-order valence-corrected chi connectivity index (χ0v) is 24.1. The molecule has 0 radical (unpaired) electrons. The minimum Gasteiger partial charge on any atom is -0.508 e. The van der Waals surface area contributed by atoms with Crippen LogP contribution < -0.4 is 21.3 Å². The maximum atomic E-state index is 13.2. The van der Waals surface area contributed by atoms with Gasteiger partial charge in [-0.3, -0.25) is 14.4 Å². The average Bonchev–Trinajstić information content (AvgIpc) is 3.40. The number of phenolic OH excluding ortho intramolecular Hbond substituents is 1. The van der Waals surface area contributed by atoms with E-state index in [2.05, 4.69) is 46.5 Å². The molecule has 1 aliphatic heterocycles. The largest absolute Gasteiger partial charge is 0.508 e. The number of hydrogen-bond donors (Lipinski definition) is 8. The smallest absolute Gasteiger partial charge is 0.327 e. The van der Waals surface area contributed by atoms with E-state index in [0.717, 1.165) is 11.1 Å². The Morgan fingerprint density at radius 2 is 1.60 bits per heavy atom. The fourth-order valence-corrected chi connectivity index (χ4v) is 4.95. The van der Waals surface area contributed by atoms with Gasteiger partial charge in [-0.05, 0) is 49.4 Å². The van der Waals surface area contributed by atoms with Crippen molar-refractivity contribution in [2.45, 2.75) is 61.5 Å². The number of rotatable bonds is 12. The molecule has 0 bridgehead atoms. The molecule has 0 unspecified atom stereocenters. The van der Waals surface area contributed by atoms with Gasteiger partial charge in [0.1, 0.15) is 23.9 Å². The second-order valence-corrected chi connectivity index (χ2v) is 11.9. The molecule has 5 atom stereocenters. The quantitative estimate of drug-likeness (QED) is 0.174. The lowest BCUT2D eigenvalue weighted by molar-refractivity contribution is -0.143. The fourth-order valence-electron chi connectivity index (χ4n) is 4.52. The molecule has 1 saturated heterocycles. The number of nitrogens with one attached hydrogen (secondary N) is 4. The minimum absolute atomic E-state index is 0.0210. The van der Waals surface area contributed by atoms with Gasteiger partial charge >= 0.3 is 5.97 Å². The van der Waals surface area contributed by atoms with Gasteiger partial charge in [0.25, 0.3) is 0 Å². The summed E-state index contributed by atoms with van der Waals surface area (Å²) in [5.74, 6) is -2.73. The first-order valence-electron chi connectivity index (χ1n) is 12.9. The van der Waals surface area contributed by atoms with Crippen molar-refractivity contribution in [3.8, 4) is 5.75 Å². The Morgan fingerprint density at radius 3 is 2.17 bits per heavy atom. The molecule has 1 heterocycles. The summed E-state index contributed by atoms with van der Waals surface area (Å²) in [6.45, 7) is 3.69. The van der Waals surface area contributed by atoms with E-state index in [1.54, 1.807) is 50.2 Å².